The summed E-state index contributed by atoms with van der Waals surface area (Å²) < 4.78 is 13.6. The van der Waals surface area contributed by atoms with Gasteiger partial charge in [0.25, 0.3) is 0 Å². The van der Waals surface area contributed by atoms with Crippen molar-refractivity contribution in [2.75, 3.05) is 5.32 Å². The number of hydrogen-bond acceptors (Lipinski definition) is 2. The van der Waals surface area contributed by atoms with E-state index in [9.17, 15) is 9.18 Å². The summed E-state index contributed by atoms with van der Waals surface area (Å²) in [6.45, 7) is 3.58. The van der Waals surface area contributed by atoms with Gasteiger partial charge in [-0.25, -0.2) is 4.39 Å². The minimum atomic E-state index is -0.416. The van der Waals surface area contributed by atoms with E-state index in [0.29, 0.717) is 15.6 Å². The fourth-order valence-electron chi connectivity index (χ4n) is 1.76. The molecule has 0 aromatic heterocycles. The van der Waals surface area contributed by atoms with E-state index in [2.05, 4.69) is 5.32 Å². The van der Waals surface area contributed by atoms with E-state index < -0.39 is 5.25 Å². The lowest BCUT2D eigenvalue weighted by Gasteiger charge is -2.14. The third-order valence-corrected chi connectivity index (χ3v) is 4.60. The van der Waals surface area contributed by atoms with Crippen LogP contribution in [0.2, 0.25) is 5.02 Å². The van der Waals surface area contributed by atoms with Crippen LogP contribution in [0.5, 0.6) is 0 Å². The number of hydrogen-bond donors (Lipinski definition) is 1. The molecule has 2 aromatic rings. The molecule has 0 aliphatic rings. The molecular formula is C16H15ClFNOS. The second-order valence-electron chi connectivity index (χ2n) is 4.59. The first-order chi connectivity index (χ1) is 9.99. The summed E-state index contributed by atoms with van der Waals surface area (Å²) in [5, 5.41) is 3.01. The largest absolute Gasteiger partial charge is 0.325 e. The Morgan fingerprint density at radius 1 is 1.24 bits per heavy atom. The van der Waals surface area contributed by atoms with Gasteiger partial charge in [0.1, 0.15) is 5.82 Å². The maximum Gasteiger partial charge on any atom is 0.237 e. The SMILES string of the molecule is Cc1c(Cl)cccc1NC(=O)C(C)Sc1ccccc1F. The summed E-state index contributed by atoms with van der Waals surface area (Å²) in [7, 11) is 0. The molecule has 1 atom stereocenters. The molecule has 21 heavy (non-hydrogen) atoms. The maximum absolute atomic E-state index is 13.6. The zero-order valence-electron chi connectivity index (χ0n) is 11.7. The zero-order valence-corrected chi connectivity index (χ0v) is 13.3. The molecule has 2 nitrogen and oxygen atoms in total. The molecule has 0 aliphatic carbocycles. The highest BCUT2D eigenvalue weighted by atomic mass is 35.5. The molecule has 0 bridgehead atoms. The molecule has 0 spiro atoms. The number of halogens is 2. The van der Waals surface area contributed by atoms with Crippen molar-refractivity contribution in [2.24, 2.45) is 0 Å². The summed E-state index contributed by atoms with van der Waals surface area (Å²) in [5.41, 5.74) is 1.49. The highest BCUT2D eigenvalue weighted by molar-refractivity contribution is 8.00. The monoisotopic (exact) mass is 323 g/mol. The van der Waals surface area contributed by atoms with E-state index in [-0.39, 0.29) is 11.7 Å². The lowest BCUT2D eigenvalue weighted by atomic mass is 10.2. The molecule has 0 heterocycles. The third kappa shape index (κ3) is 3.99. The number of carbonyl (C=O) groups is 1. The quantitative estimate of drug-likeness (QED) is 0.810. The van der Waals surface area contributed by atoms with Crippen LogP contribution in [0.1, 0.15) is 12.5 Å². The first kappa shape index (κ1) is 15.9. The first-order valence-electron chi connectivity index (χ1n) is 6.46. The molecule has 0 saturated heterocycles. The number of benzene rings is 2. The van der Waals surface area contributed by atoms with Gasteiger partial charge in [0.15, 0.2) is 0 Å². The second-order valence-corrected chi connectivity index (χ2v) is 6.38. The van der Waals surface area contributed by atoms with Crippen LogP contribution in [0.3, 0.4) is 0 Å². The molecule has 1 unspecified atom stereocenters. The number of thioether (sulfide) groups is 1. The molecular weight excluding hydrogens is 309 g/mol. The summed E-state index contributed by atoms with van der Waals surface area (Å²) in [4.78, 5) is 12.7. The van der Waals surface area contributed by atoms with Gasteiger partial charge in [-0.3, -0.25) is 4.79 Å². The van der Waals surface area contributed by atoms with E-state index in [4.69, 9.17) is 11.6 Å². The predicted molar refractivity (Wildman–Crippen MR) is 86.5 cm³/mol. The highest BCUT2D eigenvalue weighted by Crippen LogP contribution is 2.28. The van der Waals surface area contributed by atoms with Crippen LogP contribution >= 0.6 is 23.4 Å². The van der Waals surface area contributed by atoms with Crippen LogP contribution in [0, 0.1) is 12.7 Å². The van der Waals surface area contributed by atoms with Crippen molar-refractivity contribution in [3.63, 3.8) is 0 Å². The fourth-order valence-corrected chi connectivity index (χ4v) is 2.82. The Balaban J connectivity index is 2.06. The summed E-state index contributed by atoms with van der Waals surface area (Å²) in [6.07, 6.45) is 0. The van der Waals surface area contributed by atoms with Crippen LogP contribution in [-0.4, -0.2) is 11.2 Å². The molecule has 1 N–H and O–H groups in total. The summed E-state index contributed by atoms with van der Waals surface area (Å²) in [6, 6.07) is 11.8. The number of nitrogens with one attached hydrogen (secondary N) is 1. The molecule has 0 radical (unpaired) electrons. The minimum absolute atomic E-state index is 0.186. The van der Waals surface area contributed by atoms with Crippen LogP contribution in [-0.2, 0) is 4.79 Å². The van der Waals surface area contributed by atoms with E-state index in [1.54, 1.807) is 43.3 Å². The van der Waals surface area contributed by atoms with E-state index >= 15 is 0 Å². The summed E-state index contributed by atoms with van der Waals surface area (Å²) in [5.74, 6) is -0.505. The smallest absolute Gasteiger partial charge is 0.237 e. The van der Waals surface area contributed by atoms with Gasteiger partial charge >= 0.3 is 0 Å². The lowest BCUT2D eigenvalue weighted by molar-refractivity contribution is -0.115. The first-order valence-corrected chi connectivity index (χ1v) is 7.72. The fraction of sp³-hybridized carbons (Fsp3) is 0.188. The molecule has 5 heteroatoms. The predicted octanol–water partition coefficient (Wildman–Crippen LogP) is 4.91. The van der Waals surface area contributed by atoms with Crippen molar-refractivity contribution < 1.29 is 9.18 Å². The second kappa shape index (κ2) is 6.96. The van der Waals surface area contributed by atoms with Crippen LogP contribution in [0.25, 0.3) is 0 Å². The van der Waals surface area contributed by atoms with Gasteiger partial charge in [-0.1, -0.05) is 29.8 Å². The van der Waals surface area contributed by atoms with Gasteiger partial charge in [-0.05, 0) is 43.7 Å². The van der Waals surface area contributed by atoms with E-state index in [1.165, 1.54) is 17.8 Å². The third-order valence-electron chi connectivity index (χ3n) is 3.04. The topological polar surface area (TPSA) is 29.1 Å². The zero-order chi connectivity index (χ0) is 15.4. The van der Waals surface area contributed by atoms with Gasteiger partial charge in [-0.2, -0.15) is 0 Å². The normalized spacial score (nSPS) is 12.0. The Labute approximate surface area is 132 Å². The van der Waals surface area contributed by atoms with Crippen molar-refractivity contribution in [2.45, 2.75) is 24.0 Å². The van der Waals surface area contributed by atoms with E-state index in [1.807, 2.05) is 6.92 Å². The van der Waals surface area contributed by atoms with Crippen molar-refractivity contribution in [1.29, 1.82) is 0 Å². The van der Waals surface area contributed by atoms with Gasteiger partial charge < -0.3 is 5.32 Å². The van der Waals surface area contributed by atoms with Crippen LogP contribution < -0.4 is 5.32 Å². The number of carbonyl (C=O) groups excluding carboxylic acids is 1. The van der Waals surface area contributed by atoms with Crippen molar-refractivity contribution in [3.8, 4) is 0 Å². The van der Waals surface area contributed by atoms with Crippen LogP contribution in [0.15, 0.2) is 47.4 Å². The molecule has 2 rings (SSSR count). The standard InChI is InChI=1S/C16H15ClFNOS/c1-10-12(17)6-5-8-14(10)19-16(20)11(2)21-15-9-4-3-7-13(15)18/h3-9,11H,1-2H3,(H,19,20). The van der Waals surface area contributed by atoms with Crippen molar-refractivity contribution >= 4 is 35.0 Å². The Morgan fingerprint density at radius 2 is 1.95 bits per heavy atom. The van der Waals surface area contributed by atoms with Gasteiger partial charge in [0, 0.05) is 15.6 Å². The maximum atomic E-state index is 13.6. The average molecular weight is 324 g/mol. The Hall–Kier alpha value is -1.52. The van der Waals surface area contributed by atoms with Crippen molar-refractivity contribution in [1.82, 2.24) is 0 Å². The van der Waals surface area contributed by atoms with Gasteiger partial charge in [-0.15, -0.1) is 11.8 Å². The highest BCUT2D eigenvalue weighted by Gasteiger charge is 2.17. The van der Waals surface area contributed by atoms with Gasteiger partial charge in [0.2, 0.25) is 5.91 Å². The molecule has 0 saturated carbocycles. The molecule has 2 aromatic carbocycles. The molecule has 0 fully saturated rings. The average Bonchev–Trinajstić information content (AvgIpc) is 2.46. The molecule has 110 valence electrons. The Morgan fingerprint density at radius 3 is 2.67 bits per heavy atom. The summed E-state index contributed by atoms with van der Waals surface area (Å²) >= 11 is 7.21. The number of anilines is 1. The molecule has 0 aliphatic heterocycles. The minimum Gasteiger partial charge on any atom is -0.325 e. The van der Waals surface area contributed by atoms with Gasteiger partial charge in [0.05, 0.1) is 5.25 Å². The van der Waals surface area contributed by atoms with E-state index in [0.717, 1.165) is 5.56 Å². The lowest BCUT2D eigenvalue weighted by Crippen LogP contribution is -2.23. The Kier molecular flexibility index (Phi) is 5.26. The van der Waals surface area contributed by atoms with Crippen molar-refractivity contribution in [3.05, 3.63) is 58.9 Å². The van der Waals surface area contributed by atoms with Crippen LogP contribution in [0.4, 0.5) is 10.1 Å². The number of amides is 1. The Bertz CT molecular complexity index is 662. The number of rotatable bonds is 4. The molecule has 1 amide bonds.